The first-order chi connectivity index (χ1) is 10.0. The van der Waals surface area contributed by atoms with Crippen LogP contribution in [-0.4, -0.2) is 27.6 Å². The number of hydrogen-bond acceptors (Lipinski definition) is 5. The van der Waals surface area contributed by atoms with Crippen molar-refractivity contribution in [1.82, 2.24) is 15.3 Å². The Balaban J connectivity index is 2.10. The molecule has 0 bridgehead atoms. The zero-order valence-corrected chi connectivity index (χ0v) is 12.6. The highest BCUT2D eigenvalue weighted by molar-refractivity contribution is 7.09. The number of aliphatic hydroxyl groups is 1. The van der Waals surface area contributed by atoms with E-state index >= 15 is 0 Å². The summed E-state index contributed by atoms with van der Waals surface area (Å²) < 4.78 is 0. The van der Waals surface area contributed by atoms with Crippen molar-refractivity contribution in [3.63, 3.8) is 0 Å². The van der Waals surface area contributed by atoms with Crippen LogP contribution in [0.4, 0.5) is 0 Å². The molecular weight excluding hydrogens is 286 g/mol. The fraction of sp³-hybridized carbons (Fsp3) is 0.267. The number of pyridine rings is 1. The van der Waals surface area contributed by atoms with Gasteiger partial charge in [-0.25, -0.2) is 9.97 Å². The van der Waals surface area contributed by atoms with Gasteiger partial charge in [-0.15, -0.1) is 11.3 Å². The largest absolute Gasteiger partial charge is 0.384 e. The number of aromatic nitrogens is 2. The second-order valence-electron chi connectivity index (χ2n) is 4.81. The summed E-state index contributed by atoms with van der Waals surface area (Å²) in [6.45, 7) is 3.58. The molecule has 0 saturated carbocycles. The van der Waals surface area contributed by atoms with Gasteiger partial charge in [0.2, 0.25) is 0 Å². The molecule has 0 saturated heterocycles. The molecule has 0 radical (unpaired) electrons. The van der Waals surface area contributed by atoms with Gasteiger partial charge in [0.25, 0.3) is 5.91 Å². The lowest BCUT2D eigenvalue weighted by atomic mass is 10.1. The average molecular weight is 301 g/mol. The van der Waals surface area contributed by atoms with E-state index in [1.54, 1.807) is 18.3 Å². The summed E-state index contributed by atoms with van der Waals surface area (Å²) in [5, 5.41) is 14.2. The molecule has 2 N–H and O–H groups in total. The van der Waals surface area contributed by atoms with E-state index in [-0.39, 0.29) is 12.5 Å². The van der Waals surface area contributed by atoms with Crippen molar-refractivity contribution in [2.45, 2.75) is 19.4 Å². The third-order valence-electron chi connectivity index (χ3n) is 2.70. The lowest BCUT2D eigenvalue weighted by molar-refractivity contribution is 0.0907. The molecule has 0 aliphatic carbocycles. The minimum Gasteiger partial charge on any atom is -0.384 e. The Labute approximate surface area is 127 Å². The van der Waals surface area contributed by atoms with Crippen molar-refractivity contribution >= 4 is 17.2 Å². The van der Waals surface area contributed by atoms with Crippen LogP contribution in [0.3, 0.4) is 0 Å². The van der Waals surface area contributed by atoms with Crippen molar-refractivity contribution in [2.24, 2.45) is 0 Å². The van der Waals surface area contributed by atoms with Gasteiger partial charge in [0.05, 0.1) is 5.54 Å². The second-order valence-corrected chi connectivity index (χ2v) is 5.70. The fourth-order valence-corrected chi connectivity index (χ4v) is 2.40. The molecule has 5 nitrogen and oxygen atoms in total. The SMILES string of the molecule is CC(C)(NC(=O)c1ccc(C#CCO)cn1)c1nccs1. The highest BCUT2D eigenvalue weighted by Gasteiger charge is 2.26. The monoisotopic (exact) mass is 301 g/mol. The summed E-state index contributed by atoms with van der Waals surface area (Å²) >= 11 is 1.49. The van der Waals surface area contributed by atoms with E-state index in [2.05, 4.69) is 27.1 Å². The van der Waals surface area contributed by atoms with Gasteiger partial charge in [-0.1, -0.05) is 11.8 Å². The summed E-state index contributed by atoms with van der Waals surface area (Å²) in [6, 6.07) is 3.30. The molecule has 2 aromatic heterocycles. The summed E-state index contributed by atoms with van der Waals surface area (Å²) in [4.78, 5) is 20.5. The van der Waals surface area contributed by atoms with Gasteiger partial charge < -0.3 is 10.4 Å². The van der Waals surface area contributed by atoms with Gasteiger partial charge >= 0.3 is 0 Å². The van der Waals surface area contributed by atoms with Crippen LogP contribution < -0.4 is 5.32 Å². The third-order valence-corrected chi connectivity index (χ3v) is 3.80. The van der Waals surface area contributed by atoms with Crippen molar-refractivity contribution in [3.05, 3.63) is 46.2 Å². The predicted octanol–water partition coefficient (Wildman–Crippen LogP) is 1.55. The van der Waals surface area contributed by atoms with Crippen molar-refractivity contribution in [3.8, 4) is 11.8 Å². The van der Waals surface area contributed by atoms with E-state index in [1.165, 1.54) is 17.5 Å². The summed E-state index contributed by atoms with van der Waals surface area (Å²) in [6.07, 6.45) is 3.22. The maximum atomic E-state index is 12.2. The van der Waals surface area contributed by atoms with Crippen molar-refractivity contribution in [1.29, 1.82) is 0 Å². The van der Waals surface area contributed by atoms with Crippen LogP contribution in [0, 0.1) is 11.8 Å². The first-order valence-electron chi connectivity index (χ1n) is 6.31. The quantitative estimate of drug-likeness (QED) is 0.843. The zero-order chi connectivity index (χ0) is 15.3. The minimum absolute atomic E-state index is 0.204. The standard InChI is InChI=1S/C15H15N3O2S/c1-15(2,14-16-7-9-21-14)18-13(20)12-6-5-11(10-17-12)4-3-8-19/h5-7,9-10,19H,8H2,1-2H3,(H,18,20). The molecule has 2 rings (SSSR count). The number of aliphatic hydroxyl groups excluding tert-OH is 1. The molecule has 6 heteroatoms. The minimum atomic E-state index is -0.553. The van der Waals surface area contributed by atoms with E-state index in [4.69, 9.17) is 5.11 Å². The van der Waals surface area contributed by atoms with Gasteiger partial charge in [0.1, 0.15) is 17.3 Å². The van der Waals surface area contributed by atoms with Crippen LogP contribution in [0.1, 0.15) is 34.9 Å². The number of hydrogen-bond donors (Lipinski definition) is 2. The molecule has 0 unspecified atom stereocenters. The Kier molecular flexibility index (Phi) is 4.68. The number of carbonyl (C=O) groups excluding carboxylic acids is 1. The normalized spacial score (nSPS) is 10.6. The molecule has 0 fully saturated rings. The Bertz CT molecular complexity index is 667. The number of thiazole rings is 1. The molecule has 1 amide bonds. The van der Waals surface area contributed by atoms with E-state index in [0.29, 0.717) is 11.3 Å². The predicted molar refractivity (Wildman–Crippen MR) is 80.8 cm³/mol. The maximum absolute atomic E-state index is 12.2. The van der Waals surface area contributed by atoms with Crippen LogP contribution in [0.2, 0.25) is 0 Å². The number of amides is 1. The molecular formula is C15H15N3O2S. The molecule has 2 aromatic rings. The lowest BCUT2D eigenvalue weighted by Gasteiger charge is -2.23. The van der Waals surface area contributed by atoms with Crippen LogP contribution in [0.5, 0.6) is 0 Å². The Hall–Kier alpha value is -2.23. The van der Waals surface area contributed by atoms with Crippen LogP contribution in [0.15, 0.2) is 29.9 Å². The zero-order valence-electron chi connectivity index (χ0n) is 11.8. The van der Waals surface area contributed by atoms with E-state index < -0.39 is 5.54 Å². The van der Waals surface area contributed by atoms with E-state index in [9.17, 15) is 4.79 Å². The van der Waals surface area contributed by atoms with Gasteiger partial charge in [0, 0.05) is 23.3 Å². The van der Waals surface area contributed by atoms with Gasteiger partial charge in [-0.05, 0) is 26.0 Å². The van der Waals surface area contributed by atoms with Gasteiger partial charge in [-0.2, -0.15) is 0 Å². The van der Waals surface area contributed by atoms with Crippen LogP contribution >= 0.6 is 11.3 Å². The highest BCUT2D eigenvalue weighted by Crippen LogP contribution is 2.22. The molecule has 21 heavy (non-hydrogen) atoms. The first-order valence-corrected chi connectivity index (χ1v) is 7.19. The lowest BCUT2D eigenvalue weighted by Crippen LogP contribution is -2.41. The molecule has 108 valence electrons. The number of nitrogens with one attached hydrogen (secondary N) is 1. The Morgan fingerprint density at radius 2 is 2.24 bits per heavy atom. The van der Waals surface area contributed by atoms with Crippen molar-refractivity contribution < 1.29 is 9.90 Å². The first kappa shape index (κ1) is 15.2. The van der Waals surface area contributed by atoms with Gasteiger partial charge in [0.15, 0.2) is 0 Å². The fourth-order valence-electron chi connectivity index (χ4n) is 1.68. The summed E-state index contributed by atoms with van der Waals surface area (Å²) in [5.41, 5.74) is 0.413. The highest BCUT2D eigenvalue weighted by atomic mass is 32.1. The summed E-state index contributed by atoms with van der Waals surface area (Å²) in [5.74, 6) is 4.99. The smallest absolute Gasteiger partial charge is 0.270 e. The van der Waals surface area contributed by atoms with Crippen LogP contribution in [-0.2, 0) is 5.54 Å². The molecule has 2 heterocycles. The Morgan fingerprint density at radius 1 is 1.43 bits per heavy atom. The molecule has 0 spiro atoms. The van der Waals surface area contributed by atoms with Crippen LogP contribution in [0.25, 0.3) is 0 Å². The topological polar surface area (TPSA) is 75.1 Å². The van der Waals surface area contributed by atoms with E-state index in [0.717, 1.165) is 5.01 Å². The van der Waals surface area contributed by atoms with E-state index in [1.807, 2.05) is 19.2 Å². The molecule has 0 atom stereocenters. The van der Waals surface area contributed by atoms with Gasteiger partial charge in [-0.3, -0.25) is 4.79 Å². The summed E-state index contributed by atoms with van der Waals surface area (Å²) in [7, 11) is 0. The van der Waals surface area contributed by atoms with Crippen molar-refractivity contribution in [2.75, 3.05) is 6.61 Å². The maximum Gasteiger partial charge on any atom is 0.270 e. The number of rotatable bonds is 3. The average Bonchev–Trinajstić information content (AvgIpc) is 3.00. The Morgan fingerprint density at radius 3 is 2.81 bits per heavy atom. The molecule has 0 aromatic carbocycles. The third kappa shape index (κ3) is 3.88. The molecule has 0 aliphatic heterocycles. The number of carbonyl (C=O) groups is 1. The molecule has 0 aliphatic rings. The second kappa shape index (κ2) is 6.48. The number of nitrogens with zero attached hydrogens (tertiary/aromatic N) is 2.